The Bertz CT molecular complexity index is 1040. The van der Waals surface area contributed by atoms with E-state index in [4.69, 9.17) is 14.2 Å². The number of methoxy groups -OCH3 is 3. The van der Waals surface area contributed by atoms with Gasteiger partial charge in [-0.05, 0) is 35.9 Å². The van der Waals surface area contributed by atoms with E-state index in [1.807, 2.05) is 24.3 Å². The molecule has 2 aromatic carbocycles. The fraction of sp³-hybridized carbons (Fsp3) is 0.190. The molecular weight excluding hydrogens is 390 g/mol. The largest absolute Gasteiger partial charge is 0.493 e. The average Bonchev–Trinajstić information content (AvgIpc) is 3.18. The molecule has 0 radical (unpaired) electrons. The van der Waals surface area contributed by atoms with Crippen LogP contribution in [0.1, 0.15) is 16.6 Å². The Morgan fingerprint density at radius 3 is 2.45 bits per heavy atom. The van der Waals surface area contributed by atoms with Crippen LogP contribution in [0.15, 0.2) is 42.5 Å². The number of nitrogens with zero attached hydrogens (tertiary/aromatic N) is 2. The maximum Gasteiger partial charge on any atom is 0.245 e. The van der Waals surface area contributed by atoms with Crippen LogP contribution in [-0.2, 0) is 4.79 Å². The molecule has 148 valence electrons. The minimum Gasteiger partial charge on any atom is -0.493 e. The van der Waals surface area contributed by atoms with Crippen molar-refractivity contribution in [2.24, 2.45) is 0 Å². The lowest BCUT2D eigenvalue weighted by atomic mass is 10.1. The van der Waals surface area contributed by atoms with Gasteiger partial charge in [-0.3, -0.25) is 4.79 Å². The lowest BCUT2D eigenvalue weighted by molar-refractivity contribution is -0.116. The molecule has 0 saturated carbocycles. The predicted molar refractivity (Wildman–Crippen MR) is 111 cm³/mol. The zero-order chi connectivity index (χ0) is 20.8. The van der Waals surface area contributed by atoms with E-state index in [-0.39, 0.29) is 0 Å². The third-order valence-electron chi connectivity index (χ3n) is 4.12. The molecule has 0 aliphatic heterocycles. The highest BCUT2D eigenvalue weighted by atomic mass is 32.1. The number of carbonyl (C=O) groups excluding carboxylic acids is 1. The van der Waals surface area contributed by atoms with E-state index in [1.165, 1.54) is 38.7 Å². The number of aromatic nitrogens is 1. The SMILES string of the molecule is COc1cc(C(C#N)NC(=O)/C=C/c2nc3ccccc3s2)cc(OC)c1OC. The van der Waals surface area contributed by atoms with Crippen LogP contribution in [-0.4, -0.2) is 32.2 Å². The van der Waals surface area contributed by atoms with Gasteiger partial charge in [0.2, 0.25) is 11.7 Å². The number of nitrogens with one attached hydrogen (secondary N) is 1. The second-order valence-corrected chi connectivity index (χ2v) is 6.94. The summed E-state index contributed by atoms with van der Waals surface area (Å²) < 4.78 is 16.9. The Morgan fingerprint density at radius 2 is 1.86 bits per heavy atom. The van der Waals surface area contributed by atoms with Crippen molar-refractivity contribution in [1.29, 1.82) is 5.26 Å². The van der Waals surface area contributed by atoms with E-state index in [2.05, 4.69) is 16.4 Å². The third-order valence-corrected chi connectivity index (χ3v) is 5.13. The van der Waals surface area contributed by atoms with Gasteiger partial charge in [-0.1, -0.05) is 12.1 Å². The van der Waals surface area contributed by atoms with Gasteiger partial charge in [-0.15, -0.1) is 11.3 Å². The molecule has 8 heteroatoms. The summed E-state index contributed by atoms with van der Waals surface area (Å²) in [6, 6.07) is 12.2. The molecule has 1 aromatic heterocycles. The summed E-state index contributed by atoms with van der Waals surface area (Å²) >= 11 is 1.48. The number of amides is 1. The lowest BCUT2D eigenvalue weighted by Gasteiger charge is -2.16. The second-order valence-electron chi connectivity index (χ2n) is 5.88. The minimum absolute atomic E-state index is 0.404. The van der Waals surface area contributed by atoms with Crippen molar-refractivity contribution in [3.63, 3.8) is 0 Å². The number of rotatable bonds is 7. The normalized spacial score (nSPS) is 11.8. The van der Waals surface area contributed by atoms with Crippen molar-refractivity contribution in [2.45, 2.75) is 6.04 Å². The van der Waals surface area contributed by atoms with E-state index >= 15 is 0 Å². The van der Waals surface area contributed by atoms with Crippen molar-refractivity contribution >= 4 is 33.5 Å². The van der Waals surface area contributed by atoms with Gasteiger partial charge >= 0.3 is 0 Å². The number of nitriles is 1. The number of benzene rings is 2. The Kier molecular flexibility index (Phi) is 6.32. The van der Waals surface area contributed by atoms with E-state index in [9.17, 15) is 10.1 Å². The zero-order valence-corrected chi connectivity index (χ0v) is 16.9. The summed E-state index contributed by atoms with van der Waals surface area (Å²) in [4.78, 5) is 16.8. The molecule has 3 aromatic rings. The quantitative estimate of drug-likeness (QED) is 0.598. The summed E-state index contributed by atoms with van der Waals surface area (Å²) in [5.41, 5.74) is 1.40. The van der Waals surface area contributed by atoms with Crippen molar-refractivity contribution < 1.29 is 19.0 Å². The molecule has 3 rings (SSSR count). The molecule has 1 N–H and O–H groups in total. The molecule has 0 fully saturated rings. The van der Waals surface area contributed by atoms with E-state index in [0.717, 1.165) is 10.2 Å². The Morgan fingerprint density at radius 1 is 1.17 bits per heavy atom. The van der Waals surface area contributed by atoms with Gasteiger partial charge in [0.05, 0.1) is 37.6 Å². The fourth-order valence-corrected chi connectivity index (χ4v) is 3.63. The molecule has 0 spiro atoms. The van der Waals surface area contributed by atoms with Gasteiger partial charge in [0.1, 0.15) is 11.0 Å². The summed E-state index contributed by atoms with van der Waals surface area (Å²) in [7, 11) is 4.47. The molecule has 29 heavy (non-hydrogen) atoms. The molecule has 1 atom stereocenters. The van der Waals surface area contributed by atoms with Crippen molar-refractivity contribution in [3.05, 3.63) is 53.0 Å². The Balaban J connectivity index is 1.78. The van der Waals surface area contributed by atoms with Crippen LogP contribution in [0, 0.1) is 11.3 Å². The number of hydrogen-bond donors (Lipinski definition) is 1. The number of hydrogen-bond acceptors (Lipinski definition) is 7. The zero-order valence-electron chi connectivity index (χ0n) is 16.1. The third kappa shape index (κ3) is 4.47. The average molecular weight is 409 g/mol. The van der Waals surface area contributed by atoms with E-state index < -0.39 is 11.9 Å². The molecule has 0 saturated heterocycles. The van der Waals surface area contributed by atoms with Gasteiger partial charge in [0.15, 0.2) is 11.5 Å². The molecular formula is C21H19N3O4S. The summed E-state index contributed by atoms with van der Waals surface area (Å²) in [6.07, 6.45) is 2.99. The van der Waals surface area contributed by atoms with Crippen LogP contribution in [0.25, 0.3) is 16.3 Å². The van der Waals surface area contributed by atoms with Crippen LogP contribution in [0.4, 0.5) is 0 Å². The van der Waals surface area contributed by atoms with Crippen LogP contribution in [0.3, 0.4) is 0 Å². The Labute approximate surface area is 172 Å². The van der Waals surface area contributed by atoms with E-state index in [0.29, 0.717) is 27.8 Å². The maximum absolute atomic E-state index is 12.3. The highest BCUT2D eigenvalue weighted by Gasteiger charge is 2.19. The van der Waals surface area contributed by atoms with Gasteiger partial charge in [-0.2, -0.15) is 5.26 Å². The van der Waals surface area contributed by atoms with Crippen molar-refractivity contribution in [3.8, 4) is 23.3 Å². The minimum atomic E-state index is -0.892. The molecule has 1 heterocycles. The van der Waals surface area contributed by atoms with Crippen molar-refractivity contribution in [2.75, 3.05) is 21.3 Å². The predicted octanol–water partition coefficient (Wildman–Crippen LogP) is 3.72. The first kappa shape index (κ1) is 20.2. The number of para-hydroxylation sites is 1. The van der Waals surface area contributed by atoms with Crippen LogP contribution >= 0.6 is 11.3 Å². The maximum atomic E-state index is 12.3. The van der Waals surface area contributed by atoms with Gasteiger partial charge in [0, 0.05) is 6.08 Å². The molecule has 0 bridgehead atoms. The molecule has 1 amide bonds. The fourth-order valence-electron chi connectivity index (χ4n) is 2.76. The summed E-state index contributed by atoms with van der Waals surface area (Å²) in [6.45, 7) is 0. The standard InChI is InChI=1S/C21H19N3O4S/c1-26-16-10-13(11-17(27-2)21(16)28-3)15(12-22)23-19(25)8-9-20-24-14-6-4-5-7-18(14)29-20/h4-11,15H,1-3H3,(H,23,25)/b9-8+. The first-order valence-corrected chi connectivity index (χ1v) is 9.45. The monoisotopic (exact) mass is 409 g/mol. The molecule has 0 aliphatic rings. The number of fused-ring (bicyclic) bond motifs is 1. The van der Waals surface area contributed by atoms with Gasteiger partial charge in [-0.25, -0.2) is 4.98 Å². The number of thiazole rings is 1. The second kappa shape index (κ2) is 9.08. The Hall–Kier alpha value is -3.57. The van der Waals surface area contributed by atoms with Crippen LogP contribution in [0.2, 0.25) is 0 Å². The summed E-state index contributed by atoms with van der Waals surface area (Å²) in [5, 5.41) is 12.9. The number of carbonyl (C=O) groups is 1. The van der Waals surface area contributed by atoms with Crippen molar-refractivity contribution in [1.82, 2.24) is 10.3 Å². The summed E-state index contributed by atoms with van der Waals surface area (Å²) in [5.74, 6) is 0.810. The first-order chi connectivity index (χ1) is 14.1. The van der Waals surface area contributed by atoms with Gasteiger partial charge in [0.25, 0.3) is 0 Å². The van der Waals surface area contributed by atoms with Crippen LogP contribution < -0.4 is 19.5 Å². The smallest absolute Gasteiger partial charge is 0.245 e. The molecule has 7 nitrogen and oxygen atoms in total. The topological polar surface area (TPSA) is 93.5 Å². The molecule has 0 aliphatic carbocycles. The van der Waals surface area contributed by atoms with Gasteiger partial charge < -0.3 is 19.5 Å². The number of ether oxygens (including phenoxy) is 3. The highest BCUT2D eigenvalue weighted by Crippen LogP contribution is 2.39. The first-order valence-electron chi connectivity index (χ1n) is 8.63. The highest BCUT2D eigenvalue weighted by molar-refractivity contribution is 7.19. The lowest BCUT2D eigenvalue weighted by Crippen LogP contribution is -2.25. The van der Waals surface area contributed by atoms with E-state index in [1.54, 1.807) is 18.2 Å². The van der Waals surface area contributed by atoms with Crippen LogP contribution in [0.5, 0.6) is 17.2 Å². The molecule has 1 unspecified atom stereocenters.